The molecule has 1 amide bonds. The molecule has 1 aliphatic rings. The average Bonchev–Trinajstić information content (AvgIpc) is 3.20. The van der Waals surface area contributed by atoms with Gasteiger partial charge < -0.3 is 23.5 Å². The third-order valence-electron chi connectivity index (χ3n) is 5.37. The molecule has 12 heteroatoms. The third kappa shape index (κ3) is 4.90. The minimum atomic E-state index is -3.86. The summed E-state index contributed by atoms with van der Waals surface area (Å²) in [5, 5.41) is 11.8. The molecule has 1 saturated carbocycles. The number of amides is 1. The molecule has 3 heterocycles. The summed E-state index contributed by atoms with van der Waals surface area (Å²) >= 11 is 0. The van der Waals surface area contributed by atoms with Crippen molar-refractivity contribution in [2.24, 2.45) is 0 Å². The number of carbonyl (C=O) groups excluding carboxylic acids is 2. The van der Waals surface area contributed by atoms with E-state index in [1.165, 1.54) is 6.26 Å². The number of hydrogen-bond donors (Lipinski definition) is 2. The molecule has 0 radical (unpaired) electrons. The van der Waals surface area contributed by atoms with Crippen LogP contribution >= 0.6 is 0 Å². The van der Waals surface area contributed by atoms with Gasteiger partial charge in [-0.1, -0.05) is 0 Å². The molecule has 2 N–H and O–H groups in total. The van der Waals surface area contributed by atoms with Crippen molar-refractivity contribution >= 4 is 27.7 Å². The van der Waals surface area contributed by atoms with E-state index < -0.39 is 33.6 Å². The van der Waals surface area contributed by atoms with Crippen molar-refractivity contribution in [2.45, 2.75) is 44.4 Å². The number of nitriles is 1. The third-order valence-corrected chi connectivity index (χ3v) is 6.77. The van der Waals surface area contributed by atoms with Crippen molar-refractivity contribution in [3.05, 3.63) is 58.9 Å². The van der Waals surface area contributed by atoms with Gasteiger partial charge in [0.1, 0.15) is 17.6 Å². The molecule has 3 aromatic rings. The van der Waals surface area contributed by atoms with Crippen LogP contribution in [-0.4, -0.2) is 37.5 Å². The first-order chi connectivity index (χ1) is 16.2. The number of sulfonamides is 1. The first-order valence-electron chi connectivity index (χ1n) is 10.4. The molecule has 0 aliphatic heterocycles. The Labute approximate surface area is 195 Å². The monoisotopic (exact) mass is 486 g/mol. The number of aromatic nitrogens is 1. The maximum absolute atomic E-state index is 12.5. The van der Waals surface area contributed by atoms with Crippen molar-refractivity contribution in [3.63, 3.8) is 0 Å². The highest BCUT2D eigenvalue weighted by atomic mass is 32.2. The number of esters is 1. The second-order valence-corrected chi connectivity index (χ2v) is 9.49. The summed E-state index contributed by atoms with van der Waals surface area (Å²) in [6.07, 6.45) is 3.03. The highest BCUT2D eigenvalue weighted by Gasteiger charge is 2.30. The molecular weight excluding hydrogens is 464 g/mol. The molecular formula is C22H22N4O7S. The Kier molecular flexibility index (Phi) is 6.32. The SMILES string of the molecule is Cc1c(C#N)c(NC(=O)COC(=O)c2ccc(S(=O)(=O)NC3CC3)o2)n(Cc2ccco2)c1C. The van der Waals surface area contributed by atoms with E-state index in [0.29, 0.717) is 11.3 Å². The number of anilines is 1. The Morgan fingerprint density at radius 3 is 2.68 bits per heavy atom. The van der Waals surface area contributed by atoms with Crippen LogP contribution in [0.2, 0.25) is 0 Å². The summed E-state index contributed by atoms with van der Waals surface area (Å²) in [6, 6.07) is 7.78. The molecule has 1 fully saturated rings. The van der Waals surface area contributed by atoms with Gasteiger partial charge in [0.05, 0.1) is 18.4 Å². The van der Waals surface area contributed by atoms with Crippen molar-refractivity contribution in [1.29, 1.82) is 5.26 Å². The molecule has 0 spiro atoms. The fourth-order valence-electron chi connectivity index (χ4n) is 3.31. The standard InChI is InChI=1S/C22H22N4O7S/c1-13-14(2)26(11-16-4-3-9-31-16)21(17(13)10-23)24-19(27)12-32-22(28)18-7-8-20(33-18)34(29,30)25-15-5-6-15/h3-4,7-9,15,25H,5-6,11-12H2,1-2H3,(H,24,27). The number of hydrogen-bond acceptors (Lipinski definition) is 8. The van der Waals surface area contributed by atoms with E-state index in [-0.39, 0.29) is 29.7 Å². The van der Waals surface area contributed by atoms with Crippen molar-refractivity contribution in [3.8, 4) is 6.07 Å². The van der Waals surface area contributed by atoms with Gasteiger partial charge >= 0.3 is 5.97 Å². The summed E-state index contributed by atoms with van der Waals surface area (Å²) in [6.45, 7) is 3.20. The minimum absolute atomic E-state index is 0.119. The molecule has 34 heavy (non-hydrogen) atoms. The van der Waals surface area contributed by atoms with Gasteiger partial charge in [-0.05, 0) is 56.5 Å². The lowest BCUT2D eigenvalue weighted by atomic mass is 10.2. The normalized spacial score (nSPS) is 13.4. The minimum Gasteiger partial charge on any atom is -0.467 e. The van der Waals surface area contributed by atoms with Gasteiger partial charge in [-0.15, -0.1) is 0 Å². The average molecular weight is 487 g/mol. The molecule has 0 saturated heterocycles. The Balaban J connectivity index is 1.42. The van der Waals surface area contributed by atoms with Crippen molar-refractivity contribution in [2.75, 3.05) is 11.9 Å². The van der Waals surface area contributed by atoms with E-state index in [1.54, 1.807) is 23.6 Å². The van der Waals surface area contributed by atoms with Crippen molar-refractivity contribution in [1.82, 2.24) is 9.29 Å². The topological polar surface area (TPSA) is 157 Å². The van der Waals surface area contributed by atoms with E-state index >= 15 is 0 Å². The zero-order valence-corrected chi connectivity index (χ0v) is 19.3. The lowest BCUT2D eigenvalue weighted by Crippen LogP contribution is -2.25. The maximum atomic E-state index is 12.5. The zero-order valence-electron chi connectivity index (χ0n) is 18.5. The lowest BCUT2D eigenvalue weighted by molar-refractivity contribution is -0.119. The van der Waals surface area contributed by atoms with E-state index in [4.69, 9.17) is 13.6 Å². The summed E-state index contributed by atoms with van der Waals surface area (Å²) < 4.78 is 43.9. The number of ether oxygens (including phenoxy) is 1. The summed E-state index contributed by atoms with van der Waals surface area (Å²) in [5.41, 5.74) is 1.75. The molecule has 178 valence electrons. The van der Waals surface area contributed by atoms with Gasteiger partial charge in [0.15, 0.2) is 6.61 Å². The predicted molar refractivity (Wildman–Crippen MR) is 117 cm³/mol. The van der Waals surface area contributed by atoms with Gasteiger partial charge in [-0.3, -0.25) is 4.79 Å². The fraction of sp³-hybridized carbons (Fsp3) is 0.318. The van der Waals surface area contributed by atoms with Gasteiger partial charge in [0.2, 0.25) is 10.9 Å². The Hall–Kier alpha value is -3.82. The fourth-order valence-corrected chi connectivity index (χ4v) is 4.55. The van der Waals surface area contributed by atoms with Crippen LogP contribution in [0.1, 0.15) is 46.0 Å². The van der Waals surface area contributed by atoms with E-state index in [9.17, 15) is 23.3 Å². The first kappa shape index (κ1) is 23.3. The summed E-state index contributed by atoms with van der Waals surface area (Å²) in [7, 11) is -3.86. The molecule has 4 rings (SSSR count). The van der Waals surface area contributed by atoms with E-state index in [1.807, 2.05) is 6.92 Å². The molecule has 0 aromatic carbocycles. The van der Waals surface area contributed by atoms with Crippen LogP contribution in [0.5, 0.6) is 0 Å². The number of rotatable bonds is 9. The molecule has 3 aromatic heterocycles. The zero-order chi connectivity index (χ0) is 24.5. The Bertz CT molecular complexity index is 1370. The molecule has 1 aliphatic carbocycles. The largest absolute Gasteiger partial charge is 0.467 e. The van der Waals surface area contributed by atoms with Crippen LogP contribution in [0.4, 0.5) is 5.82 Å². The van der Waals surface area contributed by atoms with Crippen LogP contribution in [0.25, 0.3) is 0 Å². The van der Waals surface area contributed by atoms with Crippen LogP contribution in [0.15, 0.2) is 44.5 Å². The Morgan fingerprint density at radius 2 is 2.03 bits per heavy atom. The van der Waals surface area contributed by atoms with E-state index in [0.717, 1.165) is 30.7 Å². The maximum Gasteiger partial charge on any atom is 0.374 e. The van der Waals surface area contributed by atoms with Crippen LogP contribution in [-0.2, 0) is 26.1 Å². The number of nitrogens with zero attached hydrogens (tertiary/aromatic N) is 2. The van der Waals surface area contributed by atoms with Gasteiger partial charge in [0.25, 0.3) is 15.9 Å². The van der Waals surface area contributed by atoms with Gasteiger partial charge in [-0.2, -0.15) is 5.26 Å². The highest BCUT2D eigenvalue weighted by molar-refractivity contribution is 7.89. The summed E-state index contributed by atoms with van der Waals surface area (Å²) in [5.74, 6) is -1.15. The second kappa shape index (κ2) is 9.20. The van der Waals surface area contributed by atoms with Gasteiger partial charge in [0, 0.05) is 11.7 Å². The molecule has 0 bridgehead atoms. The quantitative estimate of drug-likeness (QED) is 0.437. The molecule has 0 unspecified atom stereocenters. The second-order valence-electron chi connectivity index (χ2n) is 7.85. The number of nitrogens with one attached hydrogen (secondary N) is 2. The van der Waals surface area contributed by atoms with Crippen LogP contribution < -0.4 is 10.0 Å². The van der Waals surface area contributed by atoms with Crippen LogP contribution in [0, 0.1) is 25.2 Å². The number of carbonyl (C=O) groups is 2. The van der Waals surface area contributed by atoms with Crippen molar-refractivity contribution < 1.29 is 31.6 Å². The highest BCUT2D eigenvalue weighted by Crippen LogP contribution is 2.27. The first-order valence-corrected chi connectivity index (χ1v) is 11.9. The van der Waals surface area contributed by atoms with Crippen LogP contribution in [0.3, 0.4) is 0 Å². The molecule has 11 nitrogen and oxygen atoms in total. The lowest BCUT2D eigenvalue weighted by Gasteiger charge is -2.12. The Morgan fingerprint density at radius 1 is 1.26 bits per heavy atom. The predicted octanol–water partition coefficient (Wildman–Crippen LogP) is 2.45. The molecule has 0 atom stereocenters. The smallest absolute Gasteiger partial charge is 0.374 e. The van der Waals surface area contributed by atoms with Gasteiger partial charge in [-0.25, -0.2) is 17.9 Å². The van der Waals surface area contributed by atoms with E-state index in [2.05, 4.69) is 16.1 Å². The summed E-state index contributed by atoms with van der Waals surface area (Å²) in [4.78, 5) is 24.8. The number of furan rings is 2.